The average molecular weight is 345 g/mol. The number of hydrogen-bond donors (Lipinski definition) is 2. The molecular formula is C23H23NO2. The normalized spacial score (nSPS) is 21.5. The first-order chi connectivity index (χ1) is 12.9. The predicted molar refractivity (Wildman–Crippen MR) is 105 cm³/mol. The zero-order chi connectivity index (χ0) is 17.8. The van der Waals surface area contributed by atoms with Crippen molar-refractivity contribution in [1.82, 2.24) is 5.32 Å². The van der Waals surface area contributed by atoms with Gasteiger partial charge >= 0.3 is 0 Å². The second kappa shape index (κ2) is 7.73. The monoisotopic (exact) mass is 345 g/mol. The van der Waals surface area contributed by atoms with Crippen LogP contribution in [-0.2, 0) is 4.89 Å². The van der Waals surface area contributed by atoms with Crippen LogP contribution in [0.3, 0.4) is 0 Å². The Labute approximate surface area is 154 Å². The van der Waals surface area contributed by atoms with E-state index in [0.29, 0.717) is 18.4 Å². The molecule has 1 saturated carbocycles. The lowest BCUT2D eigenvalue weighted by atomic mass is 9.88. The predicted octanol–water partition coefficient (Wildman–Crippen LogP) is 4.77. The lowest BCUT2D eigenvalue weighted by molar-refractivity contribution is -0.240. The highest BCUT2D eigenvalue weighted by Gasteiger charge is 2.41. The summed E-state index contributed by atoms with van der Waals surface area (Å²) in [5.74, 6) is 1.27. The Morgan fingerprint density at radius 1 is 1.00 bits per heavy atom. The number of rotatable bonds is 7. The molecule has 2 aromatic rings. The molecule has 3 heteroatoms. The highest BCUT2D eigenvalue weighted by Crippen LogP contribution is 2.52. The molecule has 1 fully saturated rings. The Hall–Kier alpha value is -2.62. The molecule has 0 heterocycles. The lowest BCUT2D eigenvalue weighted by Gasteiger charge is -2.21. The molecule has 2 aromatic carbocycles. The quantitative estimate of drug-likeness (QED) is 0.329. The fourth-order valence-corrected chi connectivity index (χ4v) is 3.70. The van der Waals surface area contributed by atoms with E-state index in [2.05, 4.69) is 77.0 Å². The number of hydrogen-bond acceptors (Lipinski definition) is 3. The van der Waals surface area contributed by atoms with Crippen LogP contribution in [0.4, 0.5) is 0 Å². The molecule has 0 spiro atoms. The number of benzene rings is 2. The van der Waals surface area contributed by atoms with Crippen molar-refractivity contribution >= 4 is 11.3 Å². The summed E-state index contributed by atoms with van der Waals surface area (Å²) in [5, 5.41) is 12.2. The zero-order valence-corrected chi connectivity index (χ0v) is 14.6. The van der Waals surface area contributed by atoms with Crippen molar-refractivity contribution in [3.05, 3.63) is 95.6 Å². The molecule has 2 unspecified atom stereocenters. The fraction of sp³-hybridized carbons (Fsp3) is 0.217. The molecule has 4 rings (SSSR count). The van der Waals surface area contributed by atoms with Gasteiger partial charge in [-0.2, -0.15) is 0 Å². The van der Waals surface area contributed by atoms with E-state index < -0.39 is 0 Å². The van der Waals surface area contributed by atoms with E-state index in [1.54, 1.807) is 0 Å². The molecule has 26 heavy (non-hydrogen) atoms. The summed E-state index contributed by atoms with van der Waals surface area (Å²) in [7, 11) is 0. The Bertz CT molecular complexity index is 837. The highest BCUT2D eigenvalue weighted by atomic mass is 17.1. The average Bonchev–Trinajstić information content (AvgIpc) is 3.49. The summed E-state index contributed by atoms with van der Waals surface area (Å²) in [6.07, 6.45) is 7.97. The first-order valence-corrected chi connectivity index (χ1v) is 9.12. The van der Waals surface area contributed by atoms with Gasteiger partial charge in [-0.1, -0.05) is 78.9 Å². The standard InChI is InChI=1S/C23H23NO2/c25-26-15-14-24-23(18-10-5-2-6-11-18)22(17-8-3-1-4-9-17)20-13-7-12-19-16-21(19)20/h1-13,19,21,24-25H,14-16H2/b23-22-. The van der Waals surface area contributed by atoms with Crippen molar-refractivity contribution in [1.29, 1.82) is 0 Å². The van der Waals surface area contributed by atoms with Crippen LogP contribution in [-0.4, -0.2) is 18.4 Å². The van der Waals surface area contributed by atoms with Crippen molar-refractivity contribution in [2.24, 2.45) is 11.8 Å². The smallest absolute Gasteiger partial charge is 0.0992 e. The van der Waals surface area contributed by atoms with Crippen LogP contribution in [0, 0.1) is 11.8 Å². The minimum absolute atomic E-state index is 0.239. The summed E-state index contributed by atoms with van der Waals surface area (Å²) in [5.41, 5.74) is 6.06. The molecule has 0 radical (unpaired) electrons. The molecule has 2 aliphatic carbocycles. The third-order valence-electron chi connectivity index (χ3n) is 5.03. The SMILES string of the molecule is OOCCN/C(=C(\C1=CC=CC2CC12)c1ccccc1)c1ccccc1. The van der Waals surface area contributed by atoms with Gasteiger partial charge in [-0.05, 0) is 35.0 Å². The number of fused-ring (bicyclic) bond motifs is 1. The number of allylic oxidation sites excluding steroid dienone is 5. The zero-order valence-electron chi connectivity index (χ0n) is 14.6. The molecule has 0 aliphatic heterocycles. The van der Waals surface area contributed by atoms with E-state index in [-0.39, 0.29) is 6.61 Å². The van der Waals surface area contributed by atoms with Crippen LogP contribution >= 0.6 is 0 Å². The van der Waals surface area contributed by atoms with Crippen molar-refractivity contribution < 1.29 is 10.1 Å². The van der Waals surface area contributed by atoms with Gasteiger partial charge in [0.15, 0.2) is 0 Å². The van der Waals surface area contributed by atoms with Crippen molar-refractivity contribution in [2.45, 2.75) is 6.42 Å². The third kappa shape index (κ3) is 3.50. The summed E-state index contributed by atoms with van der Waals surface area (Å²) < 4.78 is 0. The Balaban J connectivity index is 1.86. The Morgan fingerprint density at radius 3 is 2.38 bits per heavy atom. The van der Waals surface area contributed by atoms with Gasteiger partial charge in [0.1, 0.15) is 0 Å². The van der Waals surface area contributed by atoms with E-state index in [9.17, 15) is 0 Å². The first kappa shape index (κ1) is 16.8. The maximum Gasteiger partial charge on any atom is 0.0992 e. The molecule has 132 valence electrons. The van der Waals surface area contributed by atoms with Crippen molar-refractivity contribution in [3.8, 4) is 0 Å². The second-order valence-corrected chi connectivity index (χ2v) is 6.76. The minimum atomic E-state index is 0.239. The van der Waals surface area contributed by atoms with Crippen LogP contribution in [0.2, 0.25) is 0 Å². The molecule has 0 amide bonds. The van der Waals surface area contributed by atoms with E-state index in [1.165, 1.54) is 23.1 Å². The van der Waals surface area contributed by atoms with Crippen LogP contribution in [0.15, 0.2) is 84.5 Å². The van der Waals surface area contributed by atoms with Gasteiger partial charge in [-0.3, -0.25) is 5.26 Å². The molecule has 2 atom stereocenters. The summed E-state index contributed by atoms with van der Waals surface area (Å²) in [6.45, 7) is 0.775. The fourth-order valence-electron chi connectivity index (χ4n) is 3.70. The second-order valence-electron chi connectivity index (χ2n) is 6.76. The van der Waals surface area contributed by atoms with Gasteiger partial charge in [-0.15, -0.1) is 0 Å². The van der Waals surface area contributed by atoms with E-state index >= 15 is 0 Å². The largest absolute Gasteiger partial charge is 0.382 e. The van der Waals surface area contributed by atoms with Gasteiger partial charge in [0.2, 0.25) is 0 Å². The lowest BCUT2D eigenvalue weighted by Crippen LogP contribution is -2.20. The van der Waals surface area contributed by atoms with Crippen LogP contribution < -0.4 is 5.32 Å². The molecule has 2 N–H and O–H groups in total. The molecule has 0 bridgehead atoms. The van der Waals surface area contributed by atoms with Crippen LogP contribution in [0.5, 0.6) is 0 Å². The van der Waals surface area contributed by atoms with E-state index in [4.69, 9.17) is 5.26 Å². The maximum atomic E-state index is 8.73. The Morgan fingerprint density at radius 2 is 1.69 bits per heavy atom. The van der Waals surface area contributed by atoms with Crippen molar-refractivity contribution in [2.75, 3.05) is 13.2 Å². The minimum Gasteiger partial charge on any atom is -0.382 e. The van der Waals surface area contributed by atoms with Crippen LogP contribution in [0.1, 0.15) is 17.5 Å². The summed E-state index contributed by atoms with van der Waals surface area (Å²) >= 11 is 0. The first-order valence-electron chi connectivity index (χ1n) is 9.12. The molecule has 0 saturated heterocycles. The number of nitrogens with one attached hydrogen (secondary N) is 1. The summed E-state index contributed by atoms with van der Waals surface area (Å²) in [6, 6.07) is 20.9. The molecular weight excluding hydrogens is 322 g/mol. The summed E-state index contributed by atoms with van der Waals surface area (Å²) in [4.78, 5) is 4.28. The Kier molecular flexibility index (Phi) is 5.00. The van der Waals surface area contributed by atoms with Gasteiger partial charge in [0.05, 0.1) is 6.61 Å². The molecule has 3 nitrogen and oxygen atoms in total. The van der Waals surface area contributed by atoms with Crippen LogP contribution in [0.25, 0.3) is 11.3 Å². The maximum absolute atomic E-state index is 8.73. The van der Waals surface area contributed by atoms with Crippen molar-refractivity contribution in [3.63, 3.8) is 0 Å². The molecule has 0 aromatic heterocycles. The molecule has 2 aliphatic rings. The van der Waals surface area contributed by atoms with Gasteiger partial charge in [-0.25, -0.2) is 4.89 Å². The topological polar surface area (TPSA) is 41.5 Å². The third-order valence-corrected chi connectivity index (χ3v) is 5.03. The highest BCUT2D eigenvalue weighted by molar-refractivity contribution is 5.98. The van der Waals surface area contributed by atoms with Gasteiger partial charge < -0.3 is 5.32 Å². The van der Waals surface area contributed by atoms with Gasteiger partial charge in [0.25, 0.3) is 0 Å². The van der Waals surface area contributed by atoms with E-state index in [0.717, 1.165) is 11.3 Å². The van der Waals surface area contributed by atoms with E-state index in [1.807, 2.05) is 12.1 Å². The van der Waals surface area contributed by atoms with Gasteiger partial charge in [0, 0.05) is 17.8 Å².